The molecule has 0 radical (unpaired) electrons. The van der Waals surface area contributed by atoms with E-state index in [4.69, 9.17) is 0 Å². The van der Waals surface area contributed by atoms with Crippen LogP contribution in [0.1, 0.15) is 206 Å². The van der Waals surface area contributed by atoms with Gasteiger partial charge in [-0.25, -0.2) is 0 Å². The summed E-state index contributed by atoms with van der Waals surface area (Å²) in [6, 6.07) is 0. The van der Waals surface area contributed by atoms with Crippen LogP contribution < -0.4 is 5.32 Å². The number of nitrogens with one attached hydrogen (secondary N) is 1. The minimum absolute atomic E-state index is 0.0949. The summed E-state index contributed by atoms with van der Waals surface area (Å²) in [7, 11) is 0. The first kappa shape index (κ1) is 37.4. The standard InChI is InChI=1S/C35H71NO2/c1-3-5-6-7-8-9-10-11-12-13-14-15-16-17-18-19-20-23-26-29-33-36-35(38)32-28-25-22-21-24-27-31-34(37)30-4-2/h34,37H,3-33H2,1-2H3,(H,36,38). The van der Waals surface area contributed by atoms with Crippen LogP contribution in [0.2, 0.25) is 0 Å². The lowest BCUT2D eigenvalue weighted by molar-refractivity contribution is -0.121. The van der Waals surface area contributed by atoms with Crippen LogP contribution in [-0.2, 0) is 4.79 Å². The molecule has 0 aliphatic rings. The van der Waals surface area contributed by atoms with Gasteiger partial charge in [-0.2, -0.15) is 0 Å². The second-order valence-corrected chi connectivity index (χ2v) is 12.2. The number of aliphatic hydroxyl groups excluding tert-OH is 1. The normalized spacial score (nSPS) is 12.2. The van der Waals surface area contributed by atoms with E-state index in [1.54, 1.807) is 0 Å². The Labute approximate surface area is 240 Å². The van der Waals surface area contributed by atoms with E-state index in [1.807, 2.05) is 0 Å². The molecule has 0 bridgehead atoms. The van der Waals surface area contributed by atoms with Crippen LogP contribution in [-0.4, -0.2) is 23.7 Å². The number of hydrogen-bond donors (Lipinski definition) is 2. The van der Waals surface area contributed by atoms with Gasteiger partial charge in [0.15, 0.2) is 0 Å². The lowest BCUT2D eigenvalue weighted by atomic mass is 10.0. The van der Waals surface area contributed by atoms with E-state index in [9.17, 15) is 9.90 Å². The summed E-state index contributed by atoms with van der Waals surface area (Å²) in [5, 5.41) is 12.8. The SMILES string of the molecule is CCCCCCCCCCCCCCCCCCCCCCNC(=O)CCCCCCCCC(O)CCC. The van der Waals surface area contributed by atoms with E-state index in [1.165, 1.54) is 141 Å². The van der Waals surface area contributed by atoms with Gasteiger partial charge < -0.3 is 10.4 Å². The van der Waals surface area contributed by atoms with Gasteiger partial charge in [0.25, 0.3) is 0 Å². The minimum atomic E-state index is -0.0949. The Morgan fingerprint density at radius 3 is 1.26 bits per heavy atom. The Morgan fingerprint density at radius 2 is 0.842 bits per heavy atom. The molecule has 0 rings (SSSR count). The van der Waals surface area contributed by atoms with Crippen LogP contribution in [0.15, 0.2) is 0 Å². The third-order valence-corrected chi connectivity index (χ3v) is 8.17. The average Bonchev–Trinajstić information content (AvgIpc) is 2.91. The first-order chi connectivity index (χ1) is 18.7. The number of amides is 1. The number of rotatable bonds is 32. The van der Waals surface area contributed by atoms with E-state index < -0.39 is 0 Å². The van der Waals surface area contributed by atoms with E-state index >= 15 is 0 Å². The Balaban J connectivity index is 3.15. The largest absolute Gasteiger partial charge is 0.393 e. The molecule has 0 aromatic rings. The van der Waals surface area contributed by atoms with Gasteiger partial charge in [0, 0.05) is 13.0 Å². The number of carbonyl (C=O) groups is 1. The molecule has 2 N–H and O–H groups in total. The Morgan fingerprint density at radius 1 is 0.474 bits per heavy atom. The van der Waals surface area contributed by atoms with Gasteiger partial charge in [-0.1, -0.05) is 174 Å². The molecule has 228 valence electrons. The molecule has 0 aliphatic carbocycles. The van der Waals surface area contributed by atoms with Crippen molar-refractivity contribution < 1.29 is 9.90 Å². The zero-order chi connectivity index (χ0) is 27.8. The van der Waals surface area contributed by atoms with Crippen LogP contribution >= 0.6 is 0 Å². The van der Waals surface area contributed by atoms with Crippen molar-refractivity contribution in [2.75, 3.05) is 6.54 Å². The van der Waals surface area contributed by atoms with Crippen molar-refractivity contribution in [2.24, 2.45) is 0 Å². The lowest BCUT2D eigenvalue weighted by Gasteiger charge is -2.08. The number of aliphatic hydroxyl groups is 1. The lowest BCUT2D eigenvalue weighted by Crippen LogP contribution is -2.23. The summed E-state index contributed by atoms with van der Waals surface area (Å²) in [5.74, 6) is 0.241. The zero-order valence-electron chi connectivity index (χ0n) is 26.4. The molecule has 38 heavy (non-hydrogen) atoms. The van der Waals surface area contributed by atoms with Crippen molar-refractivity contribution in [1.82, 2.24) is 5.32 Å². The maximum Gasteiger partial charge on any atom is 0.219 e. The molecular weight excluding hydrogens is 466 g/mol. The second kappa shape index (κ2) is 32.6. The molecule has 0 aromatic heterocycles. The smallest absolute Gasteiger partial charge is 0.219 e. The fraction of sp³-hybridized carbons (Fsp3) is 0.971. The molecule has 1 atom stereocenters. The van der Waals surface area contributed by atoms with Gasteiger partial charge in [-0.05, 0) is 25.7 Å². The summed E-state index contributed by atoms with van der Waals surface area (Å²) in [5.41, 5.74) is 0. The van der Waals surface area contributed by atoms with E-state index in [2.05, 4.69) is 19.2 Å². The first-order valence-electron chi connectivity index (χ1n) is 17.7. The van der Waals surface area contributed by atoms with Gasteiger partial charge in [0.05, 0.1) is 6.10 Å². The van der Waals surface area contributed by atoms with Gasteiger partial charge >= 0.3 is 0 Å². The maximum atomic E-state index is 12.0. The van der Waals surface area contributed by atoms with Crippen molar-refractivity contribution in [1.29, 1.82) is 0 Å². The van der Waals surface area contributed by atoms with Crippen molar-refractivity contribution in [2.45, 2.75) is 213 Å². The van der Waals surface area contributed by atoms with Crippen molar-refractivity contribution in [3.63, 3.8) is 0 Å². The van der Waals surface area contributed by atoms with Crippen LogP contribution in [0.4, 0.5) is 0 Å². The van der Waals surface area contributed by atoms with Gasteiger partial charge in [-0.3, -0.25) is 4.79 Å². The van der Waals surface area contributed by atoms with Crippen molar-refractivity contribution in [3.8, 4) is 0 Å². The predicted molar refractivity (Wildman–Crippen MR) is 169 cm³/mol. The quantitative estimate of drug-likeness (QED) is 0.0838. The fourth-order valence-electron chi connectivity index (χ4n) is 5.55. The molecule has 0 heterocycles. The molecule has 1 amide bonds. The summed E-state index contributed by atoms with van der Waals surface area (Å²) in [4.78, 5) is 12.0. The molecule has 3 nitrogen and oxygen atoms in total. The van der Waals surface area contributed by atoms with Gasteiger partial charge in [-0.15, -0.1) is 0 Å². The van der Waals surface area contributed by atoms with Crippen LogP contribution in [0, 0.1) is 0 Å². The molecule has 3 heteroatoms. The van der Waals surface area contributed by atoms with Gasteiger partial charge in [0.1, 0.15) is 0 Å². The third-order valence-electron chi connectivity index (χ3n) is 8.17. The highest BCUT2D eigenvalue weighted by molar-refractivity contribution is 5.75. The van der Waals surface area contributed by atoms with E-state index in [-0.39, 0.29) is 12.0 Å². The Hall–Kier alpha value is -0.570. The summed E-state index contributed by atoms with van der Waals surface area (Å²) < 4.78 is 0. The molecule has 0 aliphatic heterocycles. The molecular formula is C35H71NO2. The van der Waals surface area contributed by atoms with E-state index in [0.717, 1.165) is 51.5 Å². The monoisotopic (exact) mass is 538 g/mol. The summed E-state index contributed by atoms with van der Waals surface area (Å²) >= 11 is 0. The maximum absolute atomic E-state index is 12.0. The van der Waals surface area contributed by atoms with Gasteiger partial charge in [0.2, 0.25) is 5.91 Å². The molecule has 1 unspecified atom stereocenters. The Bertz CT molecular complexity index is 453. The average molecular weight is 538 g/mol. The fourth-order valence-corrected chi connectivity index (χ4v) is 5.55. The molecule has 0 spiro atoms. The highest BCUT2D eigenvalue weighted by Crippen LogP contribution is 2.15. The second-order valence-electron chi connectivity index (χ2n) is 12.2. The number of unbranched alkanes of at least 4 members (excludes halogenated alkanes) is 24. The first-order valence-corrected chi connectivity index (χ1v) is 17.7. The minimum Gasteiger partial charge on any atom is -0.393 e. The molecule has 0 saturated heterocycles. The molecule has 0 fully saturated rings. The van der Waals surface area contributed by atoms with Crippen LogP contribution in [0.3, 0.4) is 0 Å². The topological polar surface area (TPSA) is 49.3 Å². The van der Waals surface area contributed by atoms with Crippen LogP contribution in [0.5, 0.6) is 0 Å². The van der Waals surface area contributed by atoms with Crippen molar-refractivity contribution >= 4 is 5.91 Å². The predicted octanol–water partition coefficient (Wildman–Crippen LogP) is 11.2. The molecule has 0 aromatic carbocycles. The summed E-state index contributed by atoms with van der Waals surface area (Å²) in [6.07, 6.45) is 38.7. The number of carbonyl (C=O) groups excluding carboxylic acids is 1. The highest BCUT2D eigenvalue weighted by Gasteiger charge is 2.03. The Kier molecular flexibility index (Phi) is 32.2. The third kappa shape index (κ3) is 31.6. The van der Waals surface area contributed by atoms with Crippen LogP contribution in [0.25, 0.3) is 0 Å². The van der Waals surface area contributed by atoms with Crippen molar-refractivity contribution in [3.05, 3.63) is 0 Å². The summed E-state index contributed by atoms with van der Waals surface area (Å²) in [6.45, 7) is 5.28. The highest BCUT2D eigenvalue weighted by atomic mass is 16.3. The zero-order valence-corrected chi connectivity index (χ0v) is 26.4. The number of hydrogen-bond acceptors (Lipinski definition) is 2. The van der Waals surface area contributed by atoms with E-state index in [0.29, 0.717) is 6.42 Å². The molecule has 0 saturated carbocycles.